The van der Waals surface area contributed by atoms with Crippen molar-refractivity contribution < 1.29 is 9.47 Å². The highest BCUT2D eigenvalue weighted by Crippen LogP contribution is 2.10. The molecule has 0 aromatic carbocycles. The van der Waals surface area contributed by atoms with Crippen molar-refractivity contribution in [3.8, 4) is 0 Å². The van der Waals surface area contributed by atoms with E-state index in [9.17, 15) is 0 Å². The number of hydrogen-bond acceptors (Lipinski definition) is 3. The highest BCUT2D eigenvalue weighted by molar-refractivity contribution is 14.0. The summed E-state index contributed by atoms with van der Waals surface area (Å²) in [6.45, 7) is 9.59. The number of nitrogens with one attached hydrogen (secondary N) is 1. The number of halogens is 1. The van der Waals surface area contributed by atoms with Crippen LogP contribution in [0.5, 0.6) is 0 Å². The van der Waals surface area contributed by atoms with E-state index in [0.717, 1.165) is 64.7 Å². The Morgan fingerprint density at radius 1 is 1.27 bits per heavy atom. The summed E-state index contributed by atoms with van der Waals surface area (Å²) in [5.41, 5.74) is 0. The van der Waals surface area contributed by atoms with Crippen molar-refractivity contribution in [2.24, 2.45) is 4.99 Å². The number of unbranched alkanes of at least 4 members (excludes halogenated alkanes) is 1. The molecule has 0 unspecified atom stereocenters. The molecule has 1 heterocycles. The molecule has 5 nitrogen and oxygen atoms in total. The van der Waals surface area contributed by atoms with Crippen LogP contribution in [-0.4, -0.2) is 63.5 Å². The van der Waals surface area contributed by atoms with E-state index < -0.39 is 0 Å². The molecule has 6 heteroatoms. The number of nitrogens with zero attached hydrogens (tertiary/aromatic N) is 2. The van der Waals surface area contributed by atoms with Crippen molar-refractivity contribution in [2.75, 3.05) is 46.5 Å². The first-order valence-electron chi connectivity index (χ1n) is 8.46. The third-order valence-corrected chi connectivity index (χ3v) is 3.63. The molecular weight excluding hydrogens is 393 g/mol. The molecule has 0 saturated carbocycles. The Morgan fingerprint density at radius 3 is 2.64 bits per heavy atom. The first-order chi connectivity index (χ1) is 10.3. The normalized spacial score (nSPS) is 16.2. The van der Waals surface area contributed by atoms with Gasteiger partial charge in [-0.2, -0.15) is 0 Å². The molecule has 22 heavy (non-hydrogen) atoms. The quantitative estimate of drug-likeness (QED) is 0.266. The molecule has 1 fully saturated rings. The summed E-state index contributed by atoms with van der Waals surface area (Å²) in [6, 6.07) is 0. The van der Waals surface area contributed by atoms with Crippen molar-refractivity contribution >= 4 is 29.9 Å². The van der Waals surface area contributed by atoms with Gasteiger partial charge in [-0.15, -0.1) is 24.0 Å². The molecule has 1 rings (SSSR count). The van der Waals surface area contributed by atoms with E-state index in [1.807, 2.05) is 0 Å². The summed E-state index contributed by atoms with van der Waals surface area (Å²) >= 11 is 0. The highest BCUT2D eigenvalue weighted by atomic mass is 127. The molecule has 0 atom stereocenters. The third-order valence-electron chi connectivity index (χ3n) is 3.63. The molecule has 0 radical (unpaired) electrons. The molecule has 0 aromatic heterocycles. The van der Waals surface area contributed by atoms with Crippen LogP contribution in [0.2, 0.25) is 0 Å². The largest absolute Gasteiger partial charge is 0.381 e. The van der Waals surface area contributed by atoms with Crippen molar-refractivity contribution in [1.82, 2.24) is 10.2 Å². The van der Waals surface area contributed by atoms with Crippen molar-refractivity contribution in [3.63, 3.8) is 0 Å². The zero-order valence-corrected chi connectivity index (χ0v) is 16.8. The fourth-order valence-corrected chi connectivity index (χ4v) is 2.31. The van der Waals surface area contributed by atoms with Crippen LogP contribution in [0.1, 0.15) is 46.0 Å². The Labute approximate surface area is 153 Å². The van der Waals surface area contributed by atoms with Gasteiger partial charge in [0.15, 0.2) is 5.96 Å². The Hall–Kier alpha value is -0.0800. The standard InChI is InChI=1S/C16H33N3O2.HI/c1-4-6-11-19(3)16(17-5-2)18-10-7-12-21-15-8-13-20-14-9-15;/h15H,4-14H2,1-3H3,(H,17,18);1H. The summed E-state index contributed by atoms with van der Waals surface area (Å²) in [6.07, 6.45) is 5.85. The van der Waals surface area contributed by atoms with Crippen LogP contribution >= 0.6 is 24.0 Å². The van der Waals surface area contributed by atoms with E-state index in [0.29, 0.717) is 6.10 Å². The molecule has 0 spiro atoms. The van der Waals surface area contributed by atoms with Gasteiger partial charge in [0, 0.05) is 46.5 Å². The van der Waals surface area contributed by atoms with Crippen molar-refractivity contribution in [2.45, 2.75) is 52.1 Å². The monoisotopic (exact) mass is 427 g/mol. The van der Waals surface area contributed by atoms with Gasteiger partial charge in [-0.05, 0) is 32.6 Å². The lowest BCUT2D eigenvalue weighted by Crippen LogP contribution is -2.39. The minimum atomic E-state index is 0. The lowest BCUT2D eigenvalue weighted by atomic mass is 10.1. The summed E-state index contributed by atoms with van der Waals surface area (Å²) in [5, 5.41) is 3.35. The average Bonchev–Trinajstić information content (AvgIpc) is 2.52. The fraction of sp³-hybridized carbons (Fsp3) is 0.938. The van der Waals surface area contributed by atoms with Gasteiger partial charge in [0.25, 0.3) is 0 Å². The van der Waals surface area contributed by atoms with Crippen molar-refractivity contribution in [3.05, 3.63) is 0 Å². The van der Waals surface area contributed by atoms with Gasteiger partial charge in [0.1, 0.15) is 0 Å². The lowest BCUT2D eigenvalue weighted by Gasteiger charge is -2.23. The van der Waals surface area contributed by atoms with Gasteiger partial charge in [-0.1, -0.05) is 13.3 Å². The summed E-state index contributed by atoms with van der Waals surface area (Å²) in [5.74, 6) is 1.01. The van der Waals surface area contributed by atoms with Gasteiger partial charge in [-0.25, -0.2) is 0 Å². The molecule has 0 bridgehead atoms. The highest BCUT2D eigenvalue weighted by Gasteiger charge is 2.13. The predicted molar refractivity (Wildman–Crippen MR) is 103 cm³/mol. The minimum Gasteiger partial charge on any atom is -0.381 e. The van der Waals surface area contributed by atoms with Gasteiger partial charge in [-0.3, -0.25) is 4.99 Å². The van der Waals surface area contributed by atoms with E-state index in [-0.39, 0.29) is 24.0 Å². The lowest BCUT2D eigenvalue weighted by molar-refractivity contribution is -0.0318. The maximum atomic E-state index is 5.87. The van der Waals surface area contributed by atoms with Gasteiger partial charge < -0.3 is 19.7 Å². The van der Waals surface area contributed by atoms with Crippen molar-refractivity contribution in [1.29, 1.82) is 0 Å². The molecule has 0 aromatic rings. The number of hydrogen-bond donors (Lipinski definition) is 1. The van der Waals surface area contributed by atoms with Gasteiger partial charge in [0.2, 0.25) is 0 Å². The predicted octanol–water partition coefficient (Wildman–Crippen LogP) is 2.89. The SMILES string of the molecule is CCCCN(C)C(=NCCCOC1CCOCC1)NCC.I. The smallest absolute Gasteiger partial charge is 0.193 e. The topological polar surface area (TPSA) is 46.1 Å². The van der Waals surface area contributed by atoms with E-state index in [2.05, 4.69) is 36.1 Å². The Morgan fingerprint density at radius 2 is 2.00 bits per heavy atom. The van der Waals surface area contributed by atoms with Crippen LogP contribution in [0.15, 0.2) is 4.99 Å². The second kappa shape index (κ2) is 14.5. The maximum Gasteiger partial charge on any atom is 0.193 e. The second-order valence-corrected chi connectivity index (χ2v) is 5.55. The Bertz CT molecular complexity index is 285. The number of rotatable bonds is 9. The van der Waals surface area contributed by atoms with Crippen LogP contribution in [0.3, 0.4) is 0 Å². The second-order valence-electron chi connectivity index (χ2n) is 5.55. The van der Waals surface area contributed by atoms with E-state index in [4.69, 9.17) is 9.47 Å². The molecule has 0 aliphatic carbocycles. The first kappa shape index (κ1) is 21.9. The van der Waals surface area contributed by atoms with E-state index >= 15 is 0 Å². The molecule has 1 saturated heterocycles. The summed E-state index contributed by atoms with van der Waals surface area (Å²) < 4.78 is 11.2. The summed E-state index contributed by atoms with van der Waals surface area (Å²) in [7, 11) is 2.11. The molecule has 1 N–H and O–H groups in total. The Balaban J connectivity index is 0.00000441. The van der Waals surface area contributed by atoms with Gasteiger partial charge >= 0.3 is 0 Å². The summed E-state index contributed by atoms with van der Waals surface area (Å²) in [4.78, 5) is 6.89. The number of guanidine groups is 1. The van der Waals surface area contributed by atoms with Gasteiger partial charge in [0.05, 0.1) is 6.10 Å². The fourth-order valence-electron chi connectivity index (χ4n) is 2.31. The van der Waals surface area contributed by atoms with E-state index in [1.165, 1.54) is 12.8 Å². The molecule has 1 aliphatic heterocycles. The zero-order chi connectivity index (χ0) is 15.3. The van der Waals surface area contributed by atoms with Crippen LogP contribution in [-0.2, 0) is 9.47 Å². The number of ether oxygens (including phenoxy) is 2. The Kier molecular flexibility index (Phi) is 14.5. The minimum absolute atomic E-state index is 0. The molecule has 132 valence electrons. The third kappa shape index (κ3) is 9.84. The number of aliphatic imine (C=N–C) groups is 1. The molecule has 0 amide bonds. The molecule has 1 aliphatic rings. The first-order valence-corrected chi connectivity index (χ1v) is 8.46. The average molecular weight is 427 g/mol. The zero-order valence-electron chi connectivity index (χ0n) is 14.5. The van der Waals surface area contributed by atoms with Crippen LogP contribution in [0, 0.1) is 0 Å². The van der Waals surface area contributed by atoms with Crippen LogP contribution < -0.4 is 5.32 Å². The van der Waals surface area contributed by atoms with Crippen LogP contribution in [0.25, 0.3) is 0 Å². The maximum absolute atomic E-state index is 5.87. The molecular formula is C16H34IN3O2. The van der Waals surface area contributed by atoms with Crippen LogP contribution in [0.4, 0.5) is 0 Å². The van der Waals surface area contributed by atoms with E-state index in [1.54, 1.807) is 0 Å².